The molecular formula is C7H7N2. The molecule has 2 rings (SSSR count). The van der Waals surface area contributed by atoms with Crippen molar-refractivity contribution in [2.24, 2.45) is 4.99 Å². The second-order valence-corrected chi connectivity index (χ2v) is 2.11. The van der Waals surface area contributed by atoms with Gasteiger partial charge in [-0.3, -0.25) is 10.3 Å². The lowest BCUT2D eigenvalue weighted by Gasteiger charge is -2.00. The molecule has 2 aliphatic rings. The van der Waals surface area contributed by atoms with Crippen molar-refractivity contribution < 1.29 is 0 Å². The maximum absolute atomic E-state index is 4.26. The van der Waals surface area contributed by atoms with Gasteiger partial charge >= 0.3 is 0 Å². The molecule has 0 atom stereocenters. The maximum atomic E-state index is 4.26. The zero-order chi connectivity index (χ0) is 6.10. The molecule has 2 aliphatic heterocycles. The van der Waals surface area contributed by atoms with E-state index in [4.69, 9.17) is 0 Å². The fraction of sp³-hybridized carbons (Fsp3) is 0.286. The Morgan fingerprint density at radius 1 is 1.44 bits per heavy atom. The molecule has 0 aliphatic carbocycles. The van der Waals surface area contributed by atoms with Gasteiger partial charge in [-0.2, -0.15) is 0 Å². The van der Waals surface area contributed by atoms with Crippen LogP contribution in [0.15, 0.2) is 28.9 Å². The molecule has 0 unspecified atom stereocenters. The Kier molecular flexibility index (Phi) is 0.918. The lowest BCUT2D eigenvalue weighted by molar-refractivity contribution is 1.02. The monoisotopic (exact) mass is 119 g/mol. The molecule has 0 saturated heterocycles. The zero-order valence-electron chi connectivity index (χ0n) is 5.04. The van der Waals surface area contributed by atoms with Gasteiger partial charge in [-0.1, -0.05) is 12.2 Å². The van der Waals surface area contributed by atoms with Crippen molar-refractivity contribution in [2.45, 2.75) is 0 Å². The van der Waals surface area contributed by atoms with E-state index >= 15 is 0 Å². The van der Waals surface area contributed by atoms with Crippen LogP contribution in [0.5, 0.6) is 0 Å². The molecule has 0 spiro atoms. The lowest BCUT2D eigenvalue weighted by atomic mass is 10.1. The number of aliphatic imine (C=N–C) groups is 1. The van der Waals surface area contributed by atoms with E-state index in [1.54, 1.807) is 0 Å². The molecule has 0 N–H and O–H groups in total. The lowest BCUT2D eigenvalue weighted by Crippen LogP contribution is -2.07. The van der Waals surface area contributed by atoms with E-state index in [2.05, 4.69) is 22.5 Å². The van der Waals surface area contributed by atoms with Crippen molar-refractivity contribution in [1.82, 2.24) is 5.32 Å². The number of hydrogen-bond acceptors (Lipinski definition) is 1. The molecule has 0 saturated carbocycles. The average molecular weight is 119 g/mol. The van der Waals surface area contributed by atoms with Gasteiger partial charge in [-0.05, 0) is 0 Å². The van der Waals surface area contributed by atoms with Crippen LogP contribution in [-0.2, 0) is 0 Å². The summed E-state index contributed by atoms with van der Waals surface area (Å²) in [6, 6.07) is 0. The molecule has 2 heterocycles. The van der Waals surface area contributed by atoms with Crippen LogP contribution in [0, 0.1) is 0 Å². The van der Waals surface area contributed by atoms with Crippen LogP contribution in [0.25, 0.3) is 0 Å². The van der Waals surface area contributed by atoms with Crippen molar-refractivity contribution in [3.63, 3.8) is 0 Å². The highest BCUT2D eigenvalue weighted by Gasteiger charge is 2.12. The molecule has 0 fully saturated rings. The van der Waals surface area contributed by atoms with Gasteiger partial charge in [0.1, 0.15) is 0 Å². The summed E-state index contributed by atoms with van der Waals surface area (Å²) in [6.45, 7) is 1.63. The average Bonchev–Trinajstić information content (AvgIpc) is 2.33. The van der Waals surface area contributed by atoms with Crippen molar-refractivity contribution in [3.8, 4) is 0 Å². The molecule has 0 aromatic heterocycles. The second kappa shape index (κ2) is 1.72. The van der Waals surface area contributed by atoms with E-state index in [1.165, 1.54) is 5.57 Å². The van der Waals surface area contributed by atoms with Crippen molar-refractivity contribution in [1.29, 1.82) is 0 Å². The predicted molar refractivity (Wildman–Crippen MR) is 36.5 cm³/mol. The predicted octanol–water partition coefficient (Wildman–Crippen LogP) is 0.499. The standard InChI is InChI=1S/C7H7N2/c1-2-6-4-8-5-7(6)9-3-1/h1-2,4H,3,5H2. The van der Waals surface area contributed by atoms with Gasteiger partial charge in [-0.25, -0.2) is 0 Å². The summed E-state index contributed by atoms with van der Waals surface area (Å²) < 4.78 is 0. The third kappa shape index (κ3) is 0.669. The van der Waals surface area contributed by atoms with Crippen LogP contribution in [0.1, 0.15) is 0 Å². The molecule has 2 nitrogen and oxygen atoms in total. The van der Waals surface area contributed by atoms with E-state index in [9.17, 15) is 0 Å². The van der Waals surface area contributed by atoms with Crippen LogP contribution in [-0.4, -0.2) is 18.8 Å². The molecule has 2 heteroatoms. The highest BCUT2D eigenvalue weighted by Crippen LogP contribution is 2.09. The minimum absolute atomic E-state index is 0.791. The molecule has 0 bridgehead atoms. The molecule has 45 valence electrons. The number of dihydropyridines is 1. The van der Waals surface area contributed by atoms with Crippen molar-refractivity contribution in [3.05, 3.63) is 23.9 Å². The van der Waals surface area contributed by atoms with E-state index in [0.717, 1.165) is 18.8 Å². The first-order valence-corrected chi connectivity index (χ1v) is 3.04. The van der Waals surface area contributed by atoms with Gasteiger partial charge in [0, 0.05) is 11.8 Å². The van der Waals surface area contributed by atoms with Crippen LogP contribution >= 0.6 is 0 Å². The molecular weight excluding hydrogens is 112 g/mol. The van der Waals surface area contributed by atoms with Crippen LogP contribution in [0.2, 0.25) is 0 Å². The first-order valence-electron chi connectivity index (χ1n) is 3.04. The topological polar surface area (TPSA) is 26.5 Å². The number of rotatable bonds is 0. The van der Waals surface area contributed by atoms with E-state index in [0.29, 0.717) is 0 Å². The smallest absolute Gasteiger partial charge is 0.0814 e. The molecule has 1 radical (unpaired) electrons. The summed E-state index contributed by atoms with van der Waals surface area (Å²) in [6.07, 6.45) is 6.02. The minimum atomic E-state index is 0.791. The van der Waals surface area contributed by atoms with Gasteiger partial charge < -0.3 is 0 Å². The second-order valence-electron chi connectivity index (χ2n) is 2.11. The summed E-state index contributed by atoms with van der Waals surface area (Å²) in [5.74, 6) is 0. The SMILES string of the molecule is C1=CC2=C[N]CC2=NC1. The Bertz CT molecular complexity index is 211. The molecule has 0 aromatic rings. The zero-order valence-corrected chi connectivity index (χ0v) is 5.04. The van der Waals surface area contributed by atoms with Gasteiger partial charge in [-0.15, -0.1) is 0 Å². The van der Waals surface area contributed by atoms with E-state index in [-0.39, 0.29) is 0 Å². The Morgan fingerprint density at radius 2 is 2.44 bits per heavy atom. The third-order valence-electron chi connectivity index (χ3n) is 1.49. The van der Waals surface area contributed by atoms with E-state index in [1.807, 2.05) is 6.20 Å². The first kappa shape index (κ1) is 4.79. The van der Waals surface area contributed by atoms with Crippen LogP contribution < -0.4 is 5.32 Å². The van der Waals surface area contributed by atoms with Crippen LogP contribution in [0.3, 0.4) is 0 Å². The summed E-state index contributed by atoms with van der Waals surface area (Å²) in [7, 11) is 0. The highest BCUT2D eigenvalue weighted by atomic mass is 14.9. The summed E-state index contributed by atoms with van der Waals surface area (Å²) >= 11 is 0. The Hall–Kier alpha value is -1.05. The highest BCUT2D eigenvalue weighted by molar-refractivity contribution is 6.06. The maximum Gasteiger partial charge on any atom is 0.0814 e. The Balaban J connectivity index is 2.37. The van der Waals surface area contributed by atoms with Crippen LogP contribution in [0.4, 0.5) is 0 Å². The van der Waals surface area contributed by atoms with Gasteiger partial charge in [0.2, 0.25) is 0 Å². The first-order chi connectivity index (χ1) is 4.47. The van der Waals surface area contributed by atoms with Crippen molar-refractivity contribution in [2.75, 3.05) is 13.1 Å². The molecule has 0 aromatic carbocycles. The van der Waals surface area contributed by atoms with Gasteiger partial charge in [0.25, 0.3) is 0 Å². The Labute approximate surface area is 54.0 Å². The quantitative estimate of drug-likeness (QED) is 0.444. The number of hydrogen-bond donors (Lipinski definition) is 0. The minimum Gasteiger partial charge on any atom is -0.286 e. The third-order valence-corrected chi connectivity index (χ3v) is 1.49. The van der Waals surface area contributed by atoms with E-state index < -0.39 is 0 Å². The van der Waals surface area contributed by atoms with Crippen molar-refractivity contribution >= 4 is 5.71 Å². The van der Waals surface area contributed by atoms with Gasteiger partial charge in [0.15, 0.2) is 0 Å². The molecule has 0 amide bonds. The molecule has 9 heavy (non-hydrogen) atoms. The fourth-order valence-electron chi connectivity index (χ4n) is 1.02. The van der Waals surface area contributed by atoms with Gasteiger partial charge in [0.05, 0.1) is 18.8 Å². The number of allylic oxidation sites excluding steroid dienone is 1. The summed E-state index contributed by atoms with van der Waals surface area (Å²) in [5.41, 5.74) is 2.35. The largest absolute Gasteiger partial charge is 0.286 e. The number of fused-ring (bicyclic) bond motifs is 1. The fourth-order valence-corrected chi connectivity index (χ4v) is 1.02. The summed E-state index contributed by atoms with van der Waals surface area (Å²) in [5, 5.41) is 4.08. The Morgan fingerprint density at radius 3 is 3.33 bits per heavy atom. The normalized spacial score (nSPS) is 22.2. The summed E-state index contributed by atoms with van der Waals surface area (Å²) in [4.78, 5) is 4.26. The number of nitrogens with zero attached hydrogens (tertiary/aromatic N) is 2.